The summed E-state index contributed by atoms with van der Waals surface area (Å²) in [5, 5.41) is 14.2. The minimum absolute atomic E-state index is 0.234. The van der Waals surface area contributed by atoms with Crippen molar-refractivity contribution in [2.45, 2.75) is 25.6 Å². The molecule has 5 rings (SSSR count). The summed E-state index contributed by atoms with van der Waals surface area (Å²) in [7, 11) is 1.91. The molecule has 2 atom stereocenters. The number of alkyl halides is 1. The lowest BCUT2D eigenvalue weighted by Crippen LogP contribution is -2.43. The fourth-order valence-electron chi connectivity index (χ4n) is 4.26. The molecule has 7 heteroatoms. The molecule has 1 aliphatic heterocycles. The lowest BCUT2D eigenvalue weighted by molar-refractivity contribution is 0.169. The second-order valence-electron chi connectivity index (χ2n) is 7.81. The molecule has 4 aromatic rings. The van der Waals surface area contributed by atoms with Gasteiger partial charge in [0.05, 0.1) is 23.1 Å². The molecule has 0 radical (unpaired) electrons. The van der Waals surface area contributed by atoms with Crippen molar-refractivity contribution in [3.63, 3.8) is 0 Å². The van der Waals surface area contributed by atoms with Crippen LogP contribution in [0, 0.1) is 6.92 Å². The highest BCUT2D eigenvalue weighted by Gasteiger charge is 2.28. The maximum absolute atomic E-state index is 14.3. The van der Waals surface area contributed by atoms with Crippen molar-refractivity contribution < 1.29 is 4.39 Å². The van der Waals surface area contributed by atoms with E-state index < -0.39 is 12.2 Å². The fourth-order valence-corrected chi connectivity index (χ4v) is 4.26. The van der Waals surface area contributed by atoms with Crippen molar-refractivity contribution in [1.29, 1.82) is 0 Å². The zero-order chi connectivity index (χ0) is 20.1. The number of benzene rings is 2. The summed E-state index contributed by atoms with van der Waals surface area (Å²) in [4.78, 5) is 13.0. The number of rotatable bonds is 2. The first kappa shape index (κ1) is 18.0. The molecule has 29 heavy (non-hydrogen) atoms. The van der Waals surface area contributed by atoms with Gasteiger partial charge in [0.15, 0.2) is 0 Å². The first-order valence-corrected chi connectivity index (χ1v) is 9.82. The second kappa shape index (κ2) is 6.77. The van der Waals surface area contributed by atoms with Gasteiger partial charge in [-0.05, 0) is 60.8 Å². The summed E-state index contributed by atoms with van der Waals surface area (Å²) < 4.78 is 17.4. The van der Waals surface area contributed by atoms with E-state index in [1.807, 2.05) is 43.0 Å². The van der Waals surface area contributed by atoms with Crippen molar-refractivity contribution in [2.75, 3.05) is 13.1 Å². The molecule has 3 heterocycles. The van der Waals surface area contributed by atoms with Crippen LogP contribution in [0.2, 0.25) is 0 Å². The number of fused-ring (bicyclic) bond motifs is 2. The topological polar surface area (TPSA) is 64.7 Å². The van der Waals surface area contributed by atoms with E-state index in [0.29, 0.717) is 18.4 Å². The van der Waals surface area contributed by atoms with Crippen LogP contribution in [-0.4, -0.2) is 38.8 Å². The predicted octanol–water partition coefficient (Wildman–Crippen LogP) is 3.13. The van der Waals surface area contributed by atoms with Gasteiger partial charge in [-0.15, -0.1) is 0 Å². The number of nitrogens with zero attached hydrogens (tertiary/aromatic N) is 4. The Labute approximate surface area is 167 Å². The lowest BCUT2D eigenvalue weighted by Gasteiger charge is -2.27. The molecule has 0 saturated carbocycles. The van der Waals surface area contributed by atoms with Crippen LogP contribution in [0.25, 0.3) is 32.8 Å². The molecule has 6 nitrogen and oxygen atoms in total. The summed E-state index contributed by atoms with van der Waals surface area (Å²) in [5.74, 6) is 0. The molecule has 1 saturated heterocycles. The molecule has 0 aliphatic carbocycles. The van der Waals surface area contributed by atoms with Gasteiger partial charge in [0.25, 0.3) is 5.56 Å². The van der Waals surface area contributed by atoms with Gasteiger partial charge in [-0.1, -0.05) is 6.07 Å². The number of halogens is 1. The molecular formula is C22H22FN5O. The molecular weight excluding hydrogens is 369 g/mol. The highest BCUT2D eigenvalue weighted by molar-refractivity contribution is 5.90. The predicted molar refractivity (Wildman–Crippen MR) is 112 cm³/mol. The Kier molecular flexibility index (Phi) is 4.20. The van der Waals surface area contributed by atoms with Crippen molar-refractivity contribution >= 4 is 21.7 Å². The largest absolute Gasteiger partial charge is 0.314 e. The number of aryl methyl sites for hydroxylation is 2. The van der Waals surface area contributed by atoms with Crippen molar-refractivity contribution in [3.8, 4) is 11.1 Å². The fraction of sp³-hybridized carbons (Fsp3) is 0.318. The highest BCUT2D eigenvalue weighted by atomic mass is 19.1. The maximum Gasteiger partial charge on any atom is 0.274 e. The Morgan fingerprint density at radius 3 is 2.83 bits per heavy atom. The Hall–Kier alpha value is -3.06. The van der Waals surface area contributed by atoms with Crippen LogP contribution < -0.4 is 10.9 Å². The quantitative estimate of drug-likeness (QED) is 0.570. The first-order valence-electron chi connectivity index (χ1n) is 9.82. The molecule has 2 aromatic heterocycles. The summed E-state index contributed by atoms with van der Waals surface area (Å²) >= 11 is 0. The minimum atomic E-state index is -1.11. The monoisotopic (exact) mass is 391 g/mol. The average Bonchev–Trinajstić information content (AvgIpc) is 3.10. The number of nitrogens with one attached hydrogen (secondary N) is 1. The minimum Gasteiger partial charge on any atom is -0.314 e. The summed E-state index contributed by atoms with van der Waals surface area (Å²) in [6, 6.07) is 9.44. The average molecular weight is 391 g/mol. The van der Waals surface area contributed by atoms with Gasteiger partial charge in [0.2, 0.25) is 0 Å². The van der Waals surface area contributed by atoms with E-state index in [4.69, 9.17) is 0 Å². The zero-order valence-corrected chi connectivity index (χ0v) is 16.4. The van der Waals surface area contributed by atoms with E-state index in [2.05, 4.69) is 27.6 Å². The zero-order valence-electron chi connectivity index (χ0n) is 16.4. The van der Waals surface area contributed by atoms with E-state index in [9.17, 15) is 9.18 Å². The molecule has 1 N–H and O–H groups in total. The number of piperidine rings is 1. The van der Waals surface area contributed by atoms with Gasteiger partial charge in [-0.3, -0.25) is 9.48 Å². The normalized spacial score (nSPS) is 19.8. The Morgan fingerprint density at radius 2 is 2.00 bits per heavy atom. The van der Waals surface area contributed by atoms with Crippen LogP contribution in [0.5, 0.6) is 0 Å². The van der Waals surface area contributed by atoms with E-state index >= 15 is 0 Å². The van der Waals surface area contributed by atoms with Gasteiger partial charge in [-0.25, -0.2) is 9.07 Å². The Balaban J connectivity index is 1.59. The van der Waals surface area contributed by atoms with Crippen molar-refractivity contribution in [1.82, 2.24) is 24.9 Å². The SMILES string of the molecule is Cc1cc(-c2ccc3c(=O)n([C@@H]4CCNC[C@@H]4F)ncc3c2)cc2cn(C)nc12. The third-order valence-corrected chi connectivity index (χ3v) is 5.75. The van der Waals surface area contributed by atoms with Crippen LogP contribution in [0.1, 0.15) is 18.0 Å². The van der Waals surface area contributed by atoms with Gasteiger partial charge in [0.1, 0.15) is 6.17 Å². The van der Waals surface area contributed by atoms with Gasteiger partial charge < -0.3 is 5.32 Å². The molecule has 0 unspecified atom stereocenters. The number of aromatic nitrogens is 4. The molecule has 0 bridgehead atoms. The summed E-state index contributed by atoms with van der Waals surface area (Å²) in [6.45, 7) is 2.99. The molecule has 0 spiro atoms. The molecule has 0 amide bonds. The van der Waals surface area contributed by atoms with Gasteiger partial charge in [0, 0.05) is 30.6 Å². The molecule has 148 valence electrons. The maximum atomic E-state index is 14.3. The van der Waals surface area contributed by atoms with E-state index in [0.717, 1.165) is 33.0 Å². The van der Waals surface area contributed by atoms with Crippen LogP contribution in [0.15, 0.2) is 47.5 Å². The third-order valence-electron chi connectivity index (χ3n) is 5.75. The van der Waals surface area contributed by atoms with Crippen LogP contribution in [0.4, 0.5) is 4.39 Å². The Bertz CT molecular complexity index is 1290. The summed E-state index contributed by atoms with van der Waals surface area (Å²) in [6.07, 6.45) is 3.12. The van der Waals surface area contributed by atoms with Crippen LogP contribution in [0.3, 0.4) is 0 Å². The van der Waals surface area contributed by atoms with Gasteiger partial charge >= 0.3 is 0 Å². The number of hydrogen-bond acceptors (Lipinski definition) is 4. The molecule has 1 aliphatic rings. The van der Waals surface area contributed by atoms with Crippen LogP contribution in [-0.2, 0) is 7.05 Å². The van der Waals surface area contributed by atoms with E-state index in [1.54, 1.807) is 6.20 Å². The lowest BCUT2D eigenvalue weighted by atomic mass is 9.99. The first-order chi connectivity index (χ1) is 14.0. The standard InChI is InChI=1S/C22H22FN5O/c1-13-7-15(9-17-12-27(2)26-21(13)17)14-3-4-18-16(8-14)10-25-28(22(18)29)20-5-6-24-11-19(20)23/h3-4,7-10,12,19-20,24H,5-6,11H2,1-2H3/t19-,20+/m0/s1. The van der Waals surface area contributed by atoms with Crippen molar-refractivity contribution in [2.24, 2.45) is 7.05 Å². The third kappa shape index (κ3) is 3.02. The highest BCUT2D eigenvalue weighted by Crippen LogP contribution is 2.29. The van der Waals surface area contributed by atoms with Crippen molar-refractivity contribution in [3.05, 3.63) is 58.6 Å². The van der Waals surface area contributed by atoms with E-state index in [-0.39, 0.29) is 12.1 Å². The number of hydrogen-bond donors (Lipinski definition) is 1. The summed E-state index contributed by atoms with van der Waals surface area (Å²) in [5.41, 5.74) is 3.94. The Morgan fingerprint density at radius 1 is 1.17 bits per heavy atom. The van der Waals surface area contributed by atoms with Crippen LogP contribution >= 0.6 is 0 Å². The molecule has 2 aromatic carbocycles. The smallest absolute Gasteiger partial charge is 0.274 e. The molecule has 1 fully saturated rings. The van der Waals surface area contributed by atoms with Gasteiger partial charge in [-0.2, -0.15) is 10.2 Å². The second-order valence-corrected chi connectivity index (χ2v) is 7.81. The van der Waals surface area contributed by atoms with E-state index in [1.165, 1.54) is 4.68 Å².